The standard InChI is InChI=1S/C15H24N6.HI/c1-3-5-10-17-15(16-4-2)18-11-9-14-20-19-13-8-6-7-12-21(13)14;/h6-8,12H,3-5,9-11H2,1-2H3,(H2,16,17,18);1H. The molecule has 7 heteroatoms. The number of nitrogens with one attached hydrogen (secondary N) is 2. The van der Waals surface area contributed by atoms with E-state index in [1.54, 1.807) is 0 Å². The molecule has 0 radical (unpaired) electrons. The van der Waals surface area contributed by atoms with Crippen LogP contribution in [0.1, 0.15) is 32.5 Å². The number of hydrogen-bond donors (Lipinski definition) is 2. The minimum atomic E-state index is 0. The normalized spacial score (nSPS) is 11.3. The average Bonchev–Trinajstić information content (AvgIpc) is 2.91. The summed E-state index contributed by atoms with van der Waals surface area (Å²) in [5, 5.41) is 15.0. The maximum Gasteiger partial charge on any atom is 0.191 e. The van der Waals surface area contributed by atoms with Crippen molar-refractivity contribution in [2.45, 2.75) is 33.1 Å². The third-order valence-electron chi connectivity index (χ3n) is 3.15. The van der Waals surface area contributed by atoms with Crippen LogP contribution < -0.4 is 10.6 Å². The lowest BCUT2D eigenvalue weighted by Crippen LogP contribution is -2.38. The van der Waals surface area contributed by atoms with E-state index in [9.17, 15) is 0 Å². The quantitative estimate of drug-likeness (QED) is 0.315. The van der Waals surface area contributed by atoms with Gasteiger partial charge in [0.1, 0.15) is 5.82 Å². The van der Waals surface area contributed by atoms with E-state index in [1.165, 1.54) is 0 Å². The van der Waals surface area contributed by atoms with Gasteiger partial charge in [-0.3, -0.25) is 9.39 Å². The van der Waals surface area contributed by atoms with Crippen molar-refractivity contribution in [3.63, 3.8) is 0 Å². The van der Waals surface area contributed by atoms with Crippen LogP contribution in [0.15, 0.2) is 29.4 Å². The number of pyridine rings is 1. The second-order valence-corrected chi connectivity index (χ2v) is 4.84. The summed E-state index contributed by atoms with van der Waals surface area (Å²) in [5.74, 6) is 1.84. The summed E-state index contributed by atoms with van der Waals surface area (Å²) in [7, 11) is 0. The molecule has 0 atom stereocenters. The maximum atomic E-state index is 4.54. The van der Waals surface area contributed by atoms with Gasteiger partial charge in [0.2, 0.25) is 0 Å². The SMILES string of the molecule is CCCCN=C(NCC)NCCc1nnc2ccccn12.I. The van der Waals surface area contributed by atoms with Crippen molar-refractivity contribution in [2.75, 3.05) is 19.6 Å². The second kappa shape index (κ2) is 10.4. The molecule has 0 aromatic carbocycles. The van der Waals surface area contributed by atoms with E-state index in [2.05, 4.69) is 39.7 Å². The molecule has 22 heavy (non-hydrogen) atoms. The maximum absolute atomic E-state index is 4.54. The zero-order valence-corrected chi connectivity index (χ0v) is 15.6. The number of guanidine groups is 1. The molecule has 2 rings (SSSR count). The number of aromatic nitrogens is 3. The van der Waals surface area contributed by atoms with Gasteiger partial charge in [-0.05, 0) is 25.5 Å². The molecule has 0 unspecified atom stereocenters. The number of aliphatic imine (C=N–C) groups is 1. The highest BCUT2D eigenvalue weighted by atomic mass is 127. The Labute approximate surface area is 148 Å². The first-order chi connectivity index (χ1) is 10.3. The van der Waals surface area contributed by atoms with Crippen molar-refractivity contribution < 1.29 is 0 Å². The summed E-state index contributed by atoms with van der Waals surface area (Å²) in [6.45, 7) is 6.76. The molecular formula is C15H25IN6. The van der Waals surface area contributed by atoms with Crippen LogP contribution in [0.25, 0.3) is 5.65 Å². The Morgan fingerprint density at radius 3 is 2.86 bits per heavy atom. The van der Waals surface area contributed by atoms with Gasteiger partial charge in [-0.25, -0.2) is 0 Å². The molecule has 0 aliphatic heterocycles. The van der Waals surface area contributed by atoms with Crippen LogP contribution in [0.2, 0.25) is 0 Å². The average molecular weight is 416 g/mol. The summed E-state index contributed by atoms with van der Waals surface area (Å²) >= 11 is 0. The van der Waals surface area contributed by atoms with Crippen LogP contribution in [0.4, 0.5) is 0 Å². The first-order valence-electron chi connectivity index (χ1n) is 7.66. The molecular weight excluding hydrogens is 391 g/mol. The Kier molecular flexibility index (Phi) is 8.79. The fourth-order valence-corrected chi connectivity index (χ4v) is 2.04. The predicted octanol–water partition coefficient (Wildman–Crippen LogP) is 2.25. The molecule has 2 aromatic heterocycles. The number of rotatable bonds is 7. The second-order valence-electron chi connectivity index (χ2n) is 4.84. The van der Waals surface area contributed by atoms with Gasteiger partial charge in [-0.15, -0.1) is 34.2 Å². The number of halogens is 1. The lowest BCUT2D eigenvalue weighted by Gasteiger charge is -2.10. The van der Waals surface area contributed by atoms with Gasteiger partial charge in [0, 0.05) is 32.3 Å². The summed E-state index contributed by atoms with van der Waals surface area (Å²) in [5.41, 5.74) is 0.885. The summed E-state index contributed by atoms with van der Waals surface area (Å²) in [4.78, 5) is 4.54. The van der Waals surface area contributed by atoms with E-state index < -0.39 is 0 Å². The van der Waals surface area contributed by atoms with E-state index in [0.29, 0.717) is 0 Å². The van der Waals surface area contributed by atoms with Crippen molar-refractivity contribution in [1.82, 2.24) is 25.2 Å². The molecule has 2 aromatic rings. The minimum absolute atomic E-state index is 0. The molecule has 2 N–H and O–H groups in total. The lowest BCUT2D eigenvalue weighted by molar-refractivity contribution is 0.749. The van der Waals surface area contributed by atoms with Gasteiger partial charge >= 0.3 is 0 Å². The van der Waals surface area contributed by atoms with Gasteiger partial charge in [0.05, 0.1) is 0 Å². The van der Waals surface area contributed by atoms with E-state index >= 15 is 0 Å². The molecule has 0 aliphatic carbocycles. The molecule has 0 bridgehead atoms. The number of nitrogens with zero attached hydrogens (tertiary/aromatic N) is 4. The first kappa shape index (κ1) is 18.7. The zero-order valence-electron chi connectivity index (χ0n) is 13.2. The van der Waals surface area contributed by atoms with Gasteiger partial charge in [-0.2, -0.15) is 0 Å². The highest BCUT2D eigenvalue weighted by molar-refractivity contribution is 14.0. The third-order valence-corrected chi connectivity index (χ3v) is 3.15. The Balaban J connectivity index is 0.00000242. The van der Waals surface area contributed by atoms with Crippen LogP contribution in [-0.2, 0) is 6.42 Å². The van der Waals surface area contributed by atoms with Crippen LogP contribution in [0.5, 0.6) is 0 Å². The van der Waals surface area contributed by atoms with Crippen LogP contribution in [0, 0.1) is 0 Å². The predicted molar refractivity (Wildman–Crippen MR) is 101 cm³/mol. The van der Waals surface area contributed by atoms with Gasteiger partial charge in [0.15, 0.2) is 11.6 Å². The van der Waals surface area contributed by atoms with Gasteiger partial charge in [-0.1, -0.05) is 19.4 Å². The number of unbranched alkanes of at least 4 members (excludes halogenated alkanes) is 1. The lowest BCUT2D eigenvalue weighted by atomic mass is 10.3. The summed E-state index contributed by atoms with van der Waals surface area (Å²) in [6.07, 6.45) is 5.08. The van der Waals surface area contributed by atoms with Crippen molar-refractivity contribution in [1.29, 1.82) is 0 Å². The van der Waals surface area contributed by atoms with Crippen molar-refractivity contribution in [3.8, 4) is 0 Å². The Morgan fingerprint density at radius 1 is 1.23 bits per heavy atom. The Hall–Kier alpha value is -1.38. The van der Waals surface area contributed by atoms with E-state index in [4.69, 9.17) is 0 Å². The van der Waals surface area contributed by atoms with Crippen LogP contribution >= 0.6 is 24.0 Å². The van der Waals surface area contributed by atoms with Crippen molar-refractivity contribution in [3.05, 3.63) is 30.2 Å². The molecule has 2 heterocycles. The van der Waals surface area contributed by atoms with E-state index in [-0.39, 0.29) is 24.0 Å². The molecule has 0 saturated heterocycles. The molecule has 0 aliphatic rings. The molecule has 0 saturated carbocycles. The zero-order chi connectivity index (χ0) is 14.9. The fourth-order valence-electron chi connectivity index (χ4n) is 2.04. The Morgan fingerprint density at radius 2 is 2.09 bits per heavy atom. The van der Waals surface area contributed by atoms with Gasteiger partial charge in [0.25, 0.3) is 0 Å². The molecule has 0 amide bonds. The topological polar surface area (TPSA) is 66.6 Å². The van der Waals surface area contributed by atoms with Crippen molar-refractivity contribution in [2.24, 2.45) is 4.99 Å². The highest BCUT2D eigenvalue weighted by Crippen LogP contribution is 2.02. The molecule has 0 spiro atoms. The highest BCUT2D eigenvalue weighted by Gasteiger charge is 2.04. The Bertz CT molecular complexity index is 580. The van der Waals surface area contributed by atoms with E-state index in [1.807, 2.05) is 28.8 Å². The summed E-state index contributed by atoms with van der Waals surface area (Å²) < 4.78 is 2.02. The smallest absolute Gasteiger partial charge is 0.191 e. The summed E-state index contributed by atoms with van der Waals surface area (Å²) in [6, 6.07) is 5.92. The van der Waals surface area contributed by atoms with E-state index in [0.717, 1.165) is 56.3 Å². The first-order valence-corrected chi connectivity index (χ1v) is 7.66. The molecule has 6 nitrogen and oxygen atoms in total. The van der Waals surface area contributed by atoms with Gasteiger partial charge < -0.3 is 10.6 Å². The minimum Gasteiger partial charge on any atom is -0.357 e. The monoisotopic (exact) mass is 416 g/mol. The largest absolute Gasteiger partial charge is 0.357 e. The van der Waals surface area contributed by atoms with Crippen molar-refractivity contribution >= 4 is 35.6 Å². The number of hydrogen-bond acceptors (Lipinski definition) is 3. The third kappa shape index (κ3) is 5.43. The number of fused-ring (bicyclic) bond motifs is 1. The molecule has 0 fully saturated rings. The van der Waals surface area contributed by atoms with Crippen LogP contribution in [0.3, 0.4) is 0 Å². The fraction of sp³-hybridized carbons (Fsp3) is 0.533. The molecule has 122 valence electrons. The van der Waals surface area contributed by atoms with Crippen LogP contribution in [-0.4, -0.2) is 40.2 Å².